The summed E-state index contributed by atoms with van der Waals surface area (Å²) < 4.78 is 6.00. The number of nitrogens with one attached hydrogen (secondary N) is 1. The lowest BCUT2D eigenvalue weighted by Crippen LogP contribution is -2.26. The molecule has 1 saturated carbocycles. The van der Waals surface area contributed by atoms with Crippen LogP contribution in [0.2, 0.25) is 0 Å². The van der Waals surface area contributed by atoms with Crippen molar-refractivity contribution >= 4 is 0 Å². The maximum atomic E-state index is 6.00. The predicted octanol–water partition coefficient (Wildman–Crippen LogP) is 3.13. The van der Waals surface area contributed by atoms with Crippen molar-refractivity contribution in [2.45, 2.75) is 45.3 Å². The second-order valence-electron chi connectivity index (χ2n) is 5.81. The summed E-state index contributed by atoms with van der Waals surface area (Å²) in [6.45, 7) is 6.43. The van der Waals surface area contributed by atoms with E-state index in [1.807, 2.05) is 0 Å². The van der Waals surface area contributed by atoms with Crippen molar-refractivity contribution in [3.05, 3.63) is 34.9 Å². The number of ether oxygens (including phenoxy) is 1. The molecule has 1 aromatic rings. The van der Waals surface area contributed by atoms with Crippen LogP contribution in [0.25, 0.3) is 0 Å². The predicted molar refractivity (Wildman–Crippen MR) is 73.7 cm³/mol. The molecule has 0 bridgehead atoms. The Morgan fingerprint density at radius 1 is 1.22 bits per heavy atom. The highest BCUT2D eigenvalue weighted by Crippen LogP contribution is 2.36. The summed E-state index contributed by atoms with van der Waals surface area (Å²) in [5.41, 5.74) is 4.17. The molecule has 0 aromatic heterocycles. The minimum Gasteiger partial charge on any atom is -0.373 e. The Labute approximate surface area is 110 Å². The minimum atomic E-state index is 0.302. The van der Waals surface area contributed by atoms with Gasteiger partial charge in [0.2, 0.25) is 0 Å². The van der Waals surface area contributed by atoms with E-state index < -0.39 is 0 Å². The maximum absolute atomic E-state index is 6.00. The molecular formula is C16H23NO. The number of aryl methyl sites for hydroxylation is 1. The first-order valence-electron chi connectivity index (χ1n) is 7.17. The maximum Gasteiger partial charge on any atom is 0.0868 e. The van der Waals surface area contributed by atoms with Crippen LogP contribution in [0.1, 0.15) is 42.1 Å². The lowest BCUT2D eigenvalue weighted by molar-refractivity contribution is 0.0899. The van der Waals surface area contributed by atoms with Crippen LogP contribution in [0.15, 0.2) is 18.2 Å². The number of hydrogen-bond acceptors (Lipinski definition) is 2. The van der Waals surface area contributed by atoms with Crippen LogP contribution < -0.4 is 5.32 Å². The highest BCUT2D eigenvalue weighted by atomic mass is 16.5. The van der Waals surface area contributed by atoms with Gasteiger partial charge in [0.1, 0.15) is 0 Å². The van der Waals surface area contributed by atoms with Crippen LogP contribution >= 0.6 is 0 Å². The summed E-state index contributed by atoms with van der Waals surface area (Å²) in [6.07, 6.45) is 4.22. The van der Waals surface area contributed by atoms with E-state index in [1.165, 1.54) is 36.0 Å². The monoisotopic (exact) mass is 245 g/mol. The molecule has 18 heavy (non-hydrogen) atoms. The fourth-order valence-corrected chi connectivity index (χ4v) is 2.87. The fraction of sp³-hybridized carbons (Fsp3) is 0.625. The first-order chi connectivity index (χ1) is 8.75. The first kappa shape index (κ1) is 12.2. The number of rotatable bonds is 4. The molecule has 2 aliphatic rings. The van der Waals surface area contributed by atoms with Crippen LogP contribution in [-0.4, -0.2) is 19.2 Å². The molecule has 2 heteroatoms. The molecule has 1 aliphatic heterocycles. The van der Waals surface area contributed by atoms with Crippen molar-refractivity contribution in [1.82, 2.24) is 5.32 Å². The van der Waals surface area contributed by atoms with Gasteiger partial charge in [0.15, 0.2) is 0 Å². The van der Waals surface area contributed by atoms with Gasteiger partial charge in [0.25, 0.3) is 0 Å². The zero-order valence-corrected chi connectivity index (χ0v) is 11.4. The molecule has 1 aromatic carbocycles. The summed E-state index contributed by atoms with van der Waals surface area (Å²) in [4.78, 5) is 0. The Bertz CT molecular complexity index is 425. The first-order valence-corrected chi connectivity index (χ1v) is 7.17. The van der Waals surface area contributed by atoms with Gasteiger partial charge in [-0.25, -0.2) is 0 Å². The van der Waals surface area contributed by atoms with Gasteiger partial charge in [0, 0.05) is 25.1 Å². The molecule has 2 atom stereocenters. The van der Waals surface area contributed by atoms with Gasteiger partial charge in [-0.05, 0) is 49.8 Å². The second-order valence-corrected chi connectivity index (χ2v) is 5.81. The van der Waals surface area contributed by atoms with Gasteiger partial charge >= 0.3 is 0 Å². The Balaban J connectivity index is 1.74. The summed E-state index contributed by atoms with van der Waals surface area (Å²) in [5.74, 6) is 0.645. The highest BCUT2D eigenvalue weighted by molar-refractivity contribution is 5.35. The third-order valence-electron chi connectivity index (χ3n) is 4.41. The van der Waals surface area contributed by atoms with Gasteiger partial charge in [0.05, 0.1) is 6.10 Å². The SMILES string of the molecule is Cc1cccc(C2OCCC2CNC2CC2)c1C. The van der Waals surface area contributed by atoms with E-state index in [4.69, 9.17) is 4.74 Å². The quantitative estimate of drug-likeness (QED) is 0.880. The number of benzene rings is 1. The van der Waals surface area contributed by atoms with E-state index in [9.17, 15) is 0 Å². The third kappa shape index (κ3) is 2.45. The Morgan fingerprint density at radius 2 is 2.06 bits per heavy atom. The van der Waals surface area contributed by atoms with Crippen LogP contribution in [-0.2, 0) is 4.74 Å². The summed E-state index contributed by atoms with van der Waals surface area (Å²) in [5, 5.41) is 3.65. The van der Waals surface area contributed by atoms with Crippen LogP contribution in [0.4, 0.5) is 0 Å². The molecule has 2 nitrogen and oxygen atoms in total. The molecule has 0 radical (unpaired) electrons. The Morgan fingerprint density at radius 3 is 2.83 bits per heavy atom. The fourth-order valence-electron chi connectivity index (χ4n) is 2.87. The van der Waals surface area contributed by atoms with Crippen LogP contribution in [0.5, 0.6) is 0 Å². The average Bonchev–Trinajstić information content (AvgIpc) is 3.08. The van der Waals surface area contributed by atoms with E-state index in [1.54, 1.807) is 0 Å². The molecule has 1 saturated heterocycles. The molecule has 0 amide bonds. The zero-order valence-electron chi connectivity index (χ0n) is 11.4. The normalized spacial score (nSPS) is 27.7. The average molecular weight is 245 g/mol. The van der Waals surface area contributed by atoms with Crippen molar-refractivity contribution < 1.29 is 4.74 Å². The molecule has 2 fully saturated rings. The van der Waals surface area contributed by atoms with Gasteiger partial charge in [-0.1, -0.05) is 18.2 Å². The summed E-state index contributed by atoms with van der Waals surface area (Å²) in [6, 6.07) is 7.38. The van der Waals surface area contributed by atoms with Crippen LogP contribution in [0.3, 0.4) is 0 Å². The van der Waals surface area contributed by atoms with Crippen molar-refractivity contribution in [1.29, 1.82) is 0 Å². The van der Waals surface area contributed by atoms with Crippen molar-refractivity contribution in [2.75, 3.05) is 13.2 Å². The van der Waals surface area contributed by atoms with Gasteiger partial charge in [-0.15, -0.1) is 0 Å². The molecule has 1 N–H and O–H groups in total. The topological polar surface area (TPSA) is 21.3 Å². The van der Waals surface area contributed by atoms with Gasteiger partial charge in [-0.2, -0.15) is 0 Å². The van der Waals surface area contributed by atoms with E-state index >= 15 is 0 Å². The van der Waals surface area contributed by atoms with Gasteiger partial charge < -0.3 is 10.1 Å². The molecule has 3 rings (SSSR count). The standard InChI is InChI=1S/C16H23NO/c1-11-4-3-5-15(12(11)2)16-13(8-9-18-16)10-17-14-6-7-14/h3-5,13-14,16-17H,6-10H2,1-2H3. The van der Waals surface area contributed by atoms with E-state index in [0.29, 0.717) is 12.0 Å². The lowest BCUT2D eigenvalue weighted by atomic mass is 9.91. The van der Waals surface area contributed by atoms with E-state index in [2.05, 4.69) is 37.4 Å². The Hall–Kier alpha value is -0.860. The van der Waals surface area contributed by atoms with Crippen molar-refractivity contribution in [3.63, 3.8) is 0 Å². The smallest absolute Gasteiger partial charge is 0.0868 e. The molecule has 98 valence electrons. The van der Waals surface area contributed by atoms with E-state index in [-0.39, 0.29) is 0 Å². The largest absolute Gasteiger partial charge is 0.373 e. The molecule has 1 heterocycles. The second kappa shape index (κ2) is 5.02. The van der Waals surface area contributed by atoms with Crippen molar-refractivity contribution in [3.8, 4) is 0 Å². The Kier molecular flexibility index (Phi) is 3.40. The number of hydrogen-bond donors (Lipinski definition) is 1. The summed E-state index contributed by atoms with van der Waals surface area (Å²) in [7, 11) is 0. The third-order valence-corrected chi connectivity index (χ3v) is 4.41. The highest BCUT2D eigenvalue weighted by Gasteiger charge is 2.32. The van der Waals surface area contributed by atoms with Crippen molar-refractivity contribution in [2.24, 2.45) is 5.92 Å². The summed E-state index contributed by atoms with van der Waals surface area (Å²) >= 11 is 0. The minimum absolute atomic E-state index is 0.302. The molecule has 0 spiro atoms. The van der Waals surface area contributed by atoms with Gasteiger partial charge in [-0.3, -0.25) is 0 Å². The molecule has 2 unspecified atom stereocenters. The zero-order chi connectivity index (χ0) is 12.5. The molecule has 1 aliphatic carbocycles. The molecular weight excluding hydrogens is 222 g/mol. The van der Waals surface area contributed by atoms with E-state index in [0.717, 1.165) is 19.2 Å². The lowest BCUT2D eigenvalue weighted by Gasteiger charge is -2.22. The van der Waals surface area contributed by atoms with Crippen LogP contribution in [0, 0.1) is 19.8 Å².